The summed E-state index contributed by atoms with van der Waals surface area (Å²) in [5.74, 6) is 0.760. The Labute approximate surface area is 153 Å². The monoisotopic (exact) mass is 365 g/mol. The highest BCUT2D eigenvalue weighted by molar-refractivity contribution is 6.32. The van der Waals surface area contributed by atoms with Gasteiger partial charge in [0.25, 0.3) is 0 Å². The van der Waals surface area contributed by atoms with Crippen molar-refractivity contribution in [1.29, 1.82) is 0 Å². The van der Waals surface area contributed by atoms with Gasteiger partial charge in [0, 0.05) is 5.02 Å². The molecule has 2 heterocycles. The van der Waals surface area contributed by atoms with Gasteiger partial charge in [-0.2, -0.15) is 0 Å². The molecule has 136 valence electrons. The molecule has 25 heavy (non-hydrogen) atoms. The maximum atomic E-state index is 12.6. The molecule has 1 fully saturated rings. The highest BCUT2D eigenvalue weighted by Gasteiger charge is 2.40. The first-order valence-electron chi connectivity index (χ1n) is 8.42. The van der Waals surface area contributed by atoms with Crippen LogP contribution in [0.1, 0.15) is 32.8 Å². The third-order valence-electron chi connectivity index (χ3n) is 4.32. The van der Waals surface area contributed by atoms with Crippen molar-refractivity contribution in [1.82, 2.24) is 4.90 Å². The Morgan fingerprint density at radius 2 is 2.08 bits per heavy atom. The quantitative estimate of drug-likeness (QED) is 0.790. The van der Waals surface area contributed by atoms with Gasteiger partial charge in [0.1, 0.15) is 11.4 Å². The molecule has 1 amide bonds. The fourth-order valence-corrected chi connectivity index (χ4v) is 3.51. The Kier molecular flexibility index (Phi) is 4.98. The third kappa shape index (κ3) is 3.93. The first kappa shape index (κ1) is 18.1. The van der Waals surface area contributed by atoms with E-state index in [0.29, 0.717) is 24.7 Å². The SMILES string of the molecule is COc1ccc(Cl)c(C2=CC3COCC(C2)N3C(=O)OC(C)(C)C)c1. The number of carbonyl (C=O) groups is 1. The number of fused-ring (bicyclic) bond motifs is 2. The Balaban J connectivity index is 1.90. The van der Waals surface area contributed by atoms with E-state index in [4.69, 9.17) is 25.8 Å². The van der Waals surface area contributed by atoms with Gasteiger partial charge in [-0.3, -0.25) is 4.90 Å². The van der Waals surface area contributed by atoms with Crippen LogP contribution in [0.25, 0.3) is 5.57 Å². The molecule has 1 aromatic rings. The van der Waals surface area contributed by atoms with Crippen LogP contribution >= 0.6 is 11.6 Å². The molecular weight excluding hydrogens is 342 g/mol. The minimum absolute atomic E-state index is 0.0594. The highest BCUT2D eigenvalue weighted by Crippen LogP contribution is 2.37. The van der Waals surface area contributed by atoms with Crippen LogP contribution in [0.5, 0.6) is 5.75 Å². The van der Waals surface area contributed by atoms with Gasteiger partial charge in [0.05, 0.1) is 32.4 Å². The van der Waals surface area contributed by atoms with Crippen LogP contribution < -0.4 is 4.74 Å². The summed E-state index contributed by atoms with van der Waals surface area (Å²) in [5.41, 5.74) is 1.54. The highest BCUT2D eigenvalue weighted by atomic mass is 35.5. The summed E-state index contributed by atoms with van der Waals surface area (Å²) >= 11 is 6.40. The number of nitrogens with zero attached hydrogens (tertiary/aromatic N) is 1. The number of morpholine rings is 1. The average Bonchev–Trinajstić information content (AvgIpc) is 2.52. The van der Waals surface area contributed by atoms with E-state index >= 15 is 0 Å². The van der Waals surface area contributed by atoms with Crippen molar-refractivity contribution in [2.45, 2.75) is 44.9 Å². The van der Waals surface area contributed by atoms with Gasteiger partial charge in [-0.15, -0.1) is 0 Å². The second-order valence-electron chi connectivity index (χ2n) is 7.39. The molecule has 2 aliphatic heterocycles. The largest absolute Gasteiger partial charge is 0.497 e. The molecule has 0 aliphatic carbocycles. The molecule has 2 aliphatic rings. The van der Waals surface area contributed by atoms with Crippen LogP contribution in [0, 0.1) is 0 Å². The van der Waals surface area contributed by atoms with E-state index in [0.717, 1.165) is 16.9 Å². The Hall–Kier alpha value is -1.72. The predicted octanol–water partition coefficient (Wildman–Crippen LogP) is 4.14. The molecule has 3 rings (SSSR count). The molecule has 0 aromatic heterocycles. The van der Waals surface area contributed by atoms with Crippen LogP contribution in [0.3, 0.4) is 0 Å². The summed E-state index contributed by atoms with van der Waals surface area (Å²) < 4.78 is 16.5. The van der Waals surface area contributed by atoms with E-state index in [1.807, 2.05) is 39.0 Å². The fourth-order valence-electron chi connectivity index (χ4n) is 3.27. The Bertz CT molecular complexity index is 695. The number of amides is 1. The Morgan fingerprint density at radius 3 is 2.72 bits per heavy atom. The van der Waals surface area contributed by atoms with E-state index < -0.39 is 5.60 Å². The van der Waals surface area contributed by atoms with Gasteiger partial charge in [0.15, 0.2) is 0 Å². The molecule has 5 nitrogen and oxygen atoms in total. The van der Waals surface area contributed by atoms with Gasteiger partial charge in [-0.1, -0.05) is 17.7 Å². The molecule has 2 unspecified atom stereocenters. The van der Waals surface area contributed by atoms with Gasteiger partial charge in [-0.05, 0) is 56.5 Å². The lowest BCUT2D eigenvalue weighted by Gasteiger charge is -2.44. The predicted molar refractivity (Wildman–Crippen MR) is 97.1 cm³/mol. The van der Waals surface area contributed by atoms with Crippen LogP contribution in [0.4, 0.5) is 4.79 Å². The standard InChI is InChI=1S/C19H24ClNO4/c1-19(2,3)25-18(22)21-13-7-12(8-14(21)11-24-10-13)16-9-15(23-4)5-6-17(16)20/h5-7,9,13-14H,8,10-11H2,1-4H3. The van der Waals surface area contributed by atoms with Gasteiger partial charge >= 0.3 is 6.09 Å². The number of ether oxygens (including phenoxy) is 3. The van der Waals surface area contributed by atoms with Crippen LogP contribution in [-0.2, 0) is 9.47 Å². The lowest BCUT2D eigenvalue weighted by atomic mass is 9.90. The number of hydrogen-bond donors (Lipinski definition) is 0. The molecule has 2 atom stereocenters. The van der Waals surface area contributed by atoms with E-state index in [1.54, 1.807) is 12.0 Å². The van der Waals surface area contributed by atoms with Crippen molar-refractivity contribution in [3.63, 3.8) is 0 Å². The zero-order valence-corrected chi connectivity index (χ0v) is 15.8. The van der Waals surface area contributed by atoms with Crippen molar-refractivity contribution < 1.29 is 19.0 Å². The number of halogens is 1. The summed E-state index contributed by atoms with van der Waals surface area (Å²) in [6.07, 6.45) is 2.43. The zero-order valence-electron chi connectivity index (χ0n) is 15.0. The second-order valence-corrected chi connectivity index (χ2v) is 7.80. The van der Waals surface area contributed by atoms with Crippen molar-refractivity contribution in [2.75, 3.05) is 20.3 Å². The van der Waals surface area contributed by atoms with E-state index in [1.165, 1.54) is 0 Å². The van der Waals surface area contributed by atoms with Crippen LogP contribution in [0.2, 0.25) is 5.02 Å². The first-order valence-corrected chi connectivity index (χ1v) is 8.80. The number of carbonyl (C=O) groups excluding carboxylic acids is 1. The van der Waals surface area contributed by atoms with Crippen molar-refractivity contribution in [3.05, 3.63) is 34.9 Å². The molecule has 1 saturated heterocycles. The smallest absolute Gasteiger partial charge is 0.411 e. The number of hydrogen-bond acceptors (Lipinski definition) is 4. The maximum absolute atomic E-state index is 12.6. The van der Waals surface area contributed by atoms with Crippen molar-refractivity contribution >= 4 is 23.3 Å². The summed E-state index contributed by atoms with van der Waals surface area (Å²) in [6, 6.07) is 5.40. The molecule has 6 heteroatoms. The second kappa shape index (κ2) is 6.89. The van der Waals surface area contributed by atoms with Crippen LogP contribution in [-0.4, -0.2) is 49.0 Å². The number of benzene rings is 1. The van der Waals surface area contributed by atoms with Gasteiger partial charge in [0.2, 0.25) is 0 Å². The molecule has 2 bridgehead atoms. The number of rotatable bonds is 2. The number of methoxy groups -OCH3 is 1. The van der Waals surface area contributed by atoms with Gasteiger partial charge < -0.3 is 14.2 Å². The molecular formula is C19H24ClNO4. The molecule has 0 N–H and O–H groups in total. The van der Waals surface area contributed by atoms with E-state index in [2.05, 4.69) is 6.08 Å². The minimum Gasteiger partial charge on any atom is -0.497 e. The normalized spacial score (nSPS) is 23.1. The third-order valence-corrected chi connectivity index (χ3v) is 4.65. The summed E-state index contributed by atoms with van der Waals surface area (Å²) in [7, 11) is 1.63. The maximum Gasteiger partial charge on any atom is 0.411 e. The summed E-state index contributed by atoms with van der Waals surface area (Å²) in [6.45, 7) is 6.57. The topological polar surface area (TPSA) is 48.0 Å². The summed E-state index contributed by atoms with van der Waals surface area (Å²) in [4.78, 5) is 14.4. The lowest BCUT2D eigenvalue weighted by Crippen LogP contribution is -2.57. The van der Waals surface area contributed by atoms with Crippen molar-refractivity contribution in [3.8, 4) is 5.75 Å². The minimum atomic E-state index is -0.521. The molecule has 0 saturated carbocycles. The molecule has 0 radical (unpaired) electrons. The van der Waals surface area contributed by atoms with E-state index in [9.17, 15) is 4.79 Å². The average molecular weight is 366 g/mol. The van der Waals surface area contributed by atoms with Crippen molar-refractivity contribution in [2.24, 2.45) is 0 Å². The van der Waals surface area contributed by atoms with E-state index in [-0.39, 0.29) is 18.2 Å². The first-order chi connectivity index (χ1) is 11.8. The van der Waals surface area contributed by atoms with Crippen LogP contribution in [0.15, 0.2) is 24.3 Å². The zero-order chi connectivity index (χ0) is 18.2. The molecule has 0 spiro atoms. The summed E-state index contributed by atoms with van der Waals surface area (Å²) in [5, 5.41) is 0.678. The molecule has 1 aromatic carbocycles. The lowest BCUT2D eigenvalue weighted by molar-refractivity contribution is -0.0510. The van der Waals surface area contributed by atoms with Gasteiger partial charge in [-0.25, -0.2) is 4.79 Å². The fraction of sp³-hybridized carbons (Fsp3) is 0.526. The Morgan fingerprint density at radius 1 is 1.32 bits per heavy atom.